The monoisotopic (exact) mass is 432 g/mol. The van der Waals surface area contributed by atoms with Gasteiger partial charge >= 0.3 is 0 Å². The summed E-state index contributed by atoms with van der Waals surface area (Å²) in [6.07, 6.45) is 0.790. The summed E-state index contributed by atoms with van der Waals surface area (Å²) in [5.74, 6) is 0.0404. The maximum absolute atomic E-state index is 12.6. The maximum atomic E-state index is 12.6. The first kappa shape index (κ1) is 21.0. The lowest BCUT2D eigenvalue weighted by molar-refractivity contribution is -0.124. The standard InChI is InChI=1S/C30H28N2O/c1-4-30(2,3)29(33)31-21-17-19-22(20-18-21)32-27-15-9-7-13-25(27)23-11-5-6-12-24(23)26-14-8-10-16-28(26)32/h5-20H,4H2,1-3H3,(H,31,33). The normalized spacial score (nSPS) is 12.3. The number of rotatable bonds is 4. The van der Waals surface area contributed by atoms with Crippen molar-refractivity contribution < 1.29 is 4.79 Å². The van der Waals surface area contributed by atoms with E-state index in [1.54, 1.807) is 0 Å². The van der Waals surface area contributed by atoms with Crippen molar-refractivity contribution in [3.8, 4) is 22.3 Å². The Labute approximate surface area is 195 Å². The Bertz CT molecular complexity index is 1250. The highest BCUT2D eigenvalue weighted by atomic mass is 16.2. The lowest BCUT2D eigenvalue weighted by Gasteiger charge is -2.27. The SMILES string of the molecule is CCC(C)(C)C(=O)Nc1ccc(N2c3ccccc3-c3ccccc3-c3ccccc32)cc1. The minimum absolute atomic E-state index is 0.0404. The Morgan fingerprint density at radius 1 is 0.697 bits per heavy atom. The third kappa shape index (κ3) is 3.70. The maximum Gasteiger partial charge on any atom is 0.230 e. The molecule has 0 radical (unpaired) electrons. The molecule has 1 amide bonds. The fraction of sp³-hybridized carbons (Fsp3) is 0.167. The van der Waals surface area contributed by atoms with Crippen molar-refractivity contribution in [2.45, 2.75) is 27.2 Å². The molecule has 0 spiro atoms. The summed E-state index contributed by atoms with van der Waals surface area (Å²) in [5.41, 5.74) is 8.60. The lowest BCUT2D eigenvalue weighted by atomic mass is 9.89. The first-order chi connectivity index (χ1) is 16.0. The topological polar surface area (TPSA) is 32.3 Å². The van der Waals surface area contributed by atoms with Gasteiger partial charge in [0.2, 0.25) is 5.91 Å². The number of nitrogens with one attached hydrogen (secondary N) is 1. The van der Waals surface area contributed by atoms with E-state index < -0.39 is 5.41 Å². The molecule has 0 saturated heterocycles. The van der Waals surface area contributed by atoms with Gasteiger partial charge in [-0.15, -0.1) is 0 Å². The highest BCUT2D eigenvalue weighted by molar-refractivity contribution is 6.02. The number of hydrogen-bond donors (Lipinski definition) is 1. The van der Waals surface area contributed by atoms with Crippen molar-refractivity contribution in [3.05, 3.63) is 97.1 Å². The Morgan fingerprint density at radius 3 is 1.64 bits per heavy atom. The molecule has 3 heteroatoms. The zero-order valence-corrected chi connectivity index (χ0v) is 19.3. The summed E-state index contributed by atoms with van der Waals surface area (Å²) in [7, 11) is 0. The van der Waals surface area contributed by atoms with Crippen LogP contribution in [0.5, 0.6) is 0 Å². The molecule has 4 aromatic carbocycles. The summed E-state index contributed by atoms with van der Waals surface area (Å²) in [6.45, 7) is 5.98. The van der Waals surface area contributed by atoms with Gasteiger partial charge < -0.3 is 10.2 Å². The van der Waals surface area contributed by atoms with Crippen LogP contribution in [0.3, 0.4) is 0 Å². The largest absolute Gasteiger partial charge is 0.326 e. The zero-order chi connectivity index (χ0) is 23.0. The van der Waals surface area contributed by atoms with Gasteiger partial charge in [0.1, 0.15) is 0 Å². The molecule has 4 aromatic rings. The number of fused-ring (bicyclic) bond motifs is 5. The number of benzene rings is 4. The highest BCUT2D eigenvalue weighted by Gasteiger charge is 2.27. The molecule has 5 rings (SSSR count). The van der Waals surface area contributed by atoms with Crippen LogP contribution in [-0.2, 0) is 4.79 Å². The number of para-hydroxylation sites is 2. The Balaban J connectivity index is 1.62. The van der Waals surface area contributed by atoms with E-state index in [1.807, 2.05) is 32.9 Å². The van der Waals surface area contributed by atoms with Crippen molar-refractivity contribution in [1.29, 1.82) is 0 Å². The van der Waals surface area contributed by atoms with Crippen LogP contribution in [0.1, 0.15) is 27.2 Å². The average molecular weight is 433 g/mol. The average Bonchev–Trinajstić information content (AvgIpc) is 2.98. The van der Waals surface area contributed by atoms with Crippen molar-refractivity contribution in [3.63, 3.8) is 0 Å². The first-order valence-electron chi connectivity index (χ1n) is 11.5. The van der Waals surface area contributed by atoms with E-state index in [1.165, 1.54) is 22.3 Å². The molecule has 1 aliphatic rings. The van der Waals surface area contributed by atoms with Crippen molar-refractivity contribution in [2.24, 2.45) is 5.41 Å². The molecule has 0 unspecified atom stereocenters. The fourth-order valence-electron chi connectivity index (χ4n) is 4.31. The van der Waals surface area contributed by atoms with E-state index in [0.29, 0.717) is 0 Å². The Morgan fingerprint density at radius 2 is 1.15 bits per heavy atom. The summed E-state index contributed by atoms with van der Waals surface area (Å²) in [5, 5.41) is 3.07. The summed E-state index contributed by atoms with van der Waals surface area (Å²) < 4.78 is 0. The van der Waals surface area contributed by atoms with Gasteiger partial charge in [0.15, 0.2) is 0 Å². The highest BCUT2D eigenvalue weighted by Crippen LogP contribution is 2.50. The minimum atomic E-state index is -0.396. The second kappa shape index (κ2) is 8.25. The van der Waals surface area contributed by atoms with Crippen LogP contribution in [0.2, 0.25) is 0 Å². The molecule has 1 aliphatic heterocycles. The van der Waals surface area contributed by atoms with Crippen LogP contribution in [-0.4, -0.2) is 5.91 Å². The second-order valence-corrected chi connectivity index (χ2v) is 9.15. The van der Waals surface area contributed by atoms with E-state index in [4.69, 9.17) is 0 Å². The van der Waals surface area contributed by atoms with Gasteiger partial charge in [0, 0.05) is 27.9 Å². The molecule has 1 N–H and O–H groups in total. The van der Waals surface area contributed by atoms with Gasteiger partial charge in [-0.25, -0.2) is 0 Å². The van der Waals surface area contributed by atoms with Gasteiger partial charge in [-0.3, -0.25) is 4.79 Å². The molecule has 0 bridgehead atoms. The van der Waals surface area contributed by atoms with Crippen LogP contribution in [0.15, 0.2) is 97.1 Å². The van der Waals surface area contributed by atoms with Gasteiger partial charge in [0.25, 0.3) is 0 Å². The smallest absolute Gasteiger partial charge is 0.230 e. The zero-order valence-electron chi connectivity index (χ0n) is 19.3. The van der Waals surface area contributed by atoms with Crippen molar-refractivity contribution in [2.75, 3.05) is 10.2 Å². The molecule has 164 valence electrons. The molecule has 1 heterocycles. The van der Waals surface area contributed by atoms with Crippen LogP contribution >= 0.6 is 0 Å². The van der Waals surface area contributed by atoms with E-state index in [2.05, 4.69) is 95.1 Å². The fourth-order valence-corrected chi connectivity index (χ4v) is 4.31. The third-order valence-corrected chi connectivity index (χ3v) is 6.68. The quantitative estimate of drug-likeness (QED) is 0.310. The predicted octanol–water partition coefficient (Wildman–Crippen LogP) is 8.18. The molecule has 0 fully saturated rings. The Kier molecular flexibility index (Phi) is 5.26. The summed E-state index contributed by atoms with van der Waals surface area (Å²) >= 11 is 0. The van der Waals surface area contributed by atoms with Crippen LogP contribution < -0.4 is 10.2 Å². The molecule has 0 aliphatic carbocycles. The molecular weight excluding hydrogens is 404 g/mol. The number of carbonyl (C=O) groups is 1. The number of hydrogen-bond acceptors (Lipinski definition) is 2. The molecule has 3 nitrogen and oxygen atoms in total. The van der Waals surface area contributed by atoms with E-state index in [9.17, 15) is 4.79 Å². The van der Waals surface area contributed by atoms with Gasteiger partial charge in [-0.05, 0) is 53.9 Å². The minimum Gasteiger partial charge on any atom is -0.326 e. The van der Waals surface area contributed by atoms with E-state index in [0.717, 1.165) is 29.2 Å². The number of nitrogens with zero attached hydrogens (tertiary/aromatic N) is 1. The molecule has 0 saturated carbocycles. The van der Waals surface area contributed by atoms with Crippen LogP contribution in [0.25, 0.3) is 22.3 Å². The molecule has 0 aromatic heterocycles. The van der Waals surface area contributed by atoms with Crippen LogP contribution in [0, 0.1) is 5.41 Å². The van der Waals surface area contributed by atoms with E-state index in [-0.39, 0.29) is 5.91 Å². The Hall–Kier alpha value is -3.85. The summed E-state index contributed by atoms with van der Waals surface area (Å²) in [6, 6.07) is 33.8. The first-order valence-corrected chi connectivity index (χ1v) is 11.5. The summed E-state index contributed by atoms with van der Waals surface area (Å²) in [4.78, 5) is 14.9. The van der Waals surface area contributed by atoms with Gasteiger partial charge in [-0.2, -0.15) is 0 Å². The molecule has 33 heavy (non-hydrogen) atoms. The van der Waals surface area contributed by atoms with Crippen molar-refractivity contribution in [1.82, 2.24) is 0 Å². The third-order valence-electron chi connectivity index (χ3n) is 6.68. The predicted molar refractivity (Wildman–Crippen MR) is 138 cm³/mol. The lowest BCUT2D eigenvalue weighted by Crippen LogP contribution is -2.29. The molecular formula is C30H28N2O. The molecule has 0 atom stereocenters. The van der Waals surface area contributed by atoms with Crippen LogP contribution in [0.4, 0.5) is 22.7 Å². The van der Waals surface area contributed by atoms with E-state index >= 15 is 0 Å². The van der Waals surface area contributed by atoms with Crippen molar-refractivity contribution >= 4 is 28.7 Å². The number of anilines is 4. The van der Waals surface area contributed by atoms with Gasteiger partial charge in [-0.1, -0.05) is 81.4 Å². The number of carbonyl (C=O) groups excluding carboxylic acids is 1. The number of amides is 1. The van der Waals surface area contributed by atoms with Gasteiger partial charge in [0.05, 0.1) is 11.4 Å². The second-order valence-electron chi connectivity index (χ2n) is 9.15.